The van der Waals surface area contributed by atoms with Crippen LogP contribution in [-0.4, -0.2) is 26.2 Å². The van der Waals surface area contributed by atoms with Gasteiger partial charge in [-0.25, -0.2) is 13.1 Å². The Kier molecular flexibility index (Phi) is 5.99. The van der Waals surface area contributed by atoms with Crippen LogP contribution in [0.3, 0.4) is 0 Å². The van der Waals surface area contributed by atoms with E-state index in [0.29, 0.717) is 5.56 Å². The van der Waals surface area contributed by atoms with Crippen LogP contribution < -0.4 is 4.72 Å². The van der Waals surface area contributed by atoms with Crippen molar-refractivity contribution < 1.29 is 13.5 Å². The predicted molar refractivity (Wildman–Crippen MR) is 86.0 cm³/mol. The number of sulfonamides is 1. The average molecular weight is 345 g/mol. The van der Waals surface area contributed by atoms with Gasteiger partial charge in [0, 0.05) is 12.0 Å². The van der Waals surface area contributed by atoms with Crippen molar-refractivity contribution in [3.8, 4) is 6.07 Å². The molecular weight excluding hydrogens is 324 g/mol. The van der Waals surface area contributed by atoms with Crippen molar-refractivity contribution in [1.82, 2.24) is 4.72 Å². The van der Waals surface area contributed by atoms with Crippen molar-refractivity contribution in [2.24, 2.45) is 11.3 Å². The Morgan fingerprint density at radius 3 is 2.45 bits per heavy atom. The number of hydrogen-bond acceptors (Lipinski definition) is 4. The van der Waals surface area contributed by atoms with Gasteiger partial charge >= 0.3 is 0 Å². The van der Waals surface area contributed by atoms with Gasteiger partial charge in [0.15, 0.2) is 0 Å². The molecule has 0 heterocycles. The number of halogens is 1. The van der Waals surface area contributed by atoms with Gasteiger partial charge in [-0.05, 0) is 24.1 Å². The van der Waals surface area contributed by atoms with Gasteiger partial charge in [-0.1, -0.05) is 39.3 Å². The molecule has 0 fully saturated rings. The zero-order valence-corrected chi connectivity index (χ0v) is 14.7. The summed E-state index contributed by atoms with van der Waals surface area (Å²) in [7, 11) is -3.81. The van der Waals surface area contributed by atoms with E-state index in [1.54, 1.807) is 13.8 Å². The van der Waals surface area contributed by atoms with Crippen LogP contribution >= 0.6 is 11.6 Å². The van der Waals surface area contributed by atoms with Gasteiger partial charge in [0.25, 0.3) is 0 Å². The van der Waals surface area contributed by atoms with Crippen LogP contribution in [0.4, 0.5) is 0 Å². The Hall–Kier alpha value is -1.13. The highest BCUT2D eigenvalue weighted by Crippen LogP contribution is 2.27. The monoisotopic (exact) mass is 344 g/mol. The third-order valence-electron chi connectivity index (χ3n) is 3.50. The Balaban J connectivity index is 2.96. The lowest BCUT2D eigenvalue weighted by molar-refractivity contribution is 0.0166. The van der Waals surface area contributed by atoms with E-state index in [-0.39, 0.29) is 22.4 Å². The molecule has 0 spiro atoms. The van der Waals surface area contributed by atoms with Crippen LogP contribution in [0.15, 0.2) is 23.1 Å². The molecule has 2 N–H and O–H groups in total. The van der Waals surface area contributed by atoms with Crippen molar-refractivity contribution in [2.45, 2.75) is 38.7 Å². The highest BCUT2D eigenvalue weighted by molar-refractivity contribution is 7.89. The molecule has 5 nitrogen and oxygen atoms in total. The third kappa shape index (κ3) is 4.43. The lowest BCUT2D eigenvalue weighted by Crippen LogP contribution is -2.43. The Morgan fingerprint density at radius 2 is 2.00 bits per heavy atom. The molecule has 0 aliphatic rings. The number of nitriles is 1. The molecule has 1 unspecified atom stereocenters. The topological polar surface area (TPSA) is 90.2 Å². The molecule has 0 saturated carbocycles. The minimum absolute atomic E-state index is 0.00577. The fraction of sp³-hybridized carbons (Fsp3) is 0.533. The van der Waals surface area contributed by atoms with Crippen LogP contribution in [0, 0.1) is 22.7 Å². The van der Waals surface area contributed by atoms with Gasteiger partial charge in [-0.3, -0.25) is 0 Å². The number of rotatable bonds is 6. The summed E-state index contributed by atoms with van der Waals surface area (Å²) in [4.78, 5) is -0.0806. The smallest absolute Gasteiger partial charge is 0.242 e. The summed E-state index contributed by atoms with van der Waals surface area (Å²) in [6.07, 6.45) is -0.647. The standard InChI is InChI=1S/C15H21ClN2O3S/c1-10(2)14(19)15(3,4)9-18-22(20,21)13-6-5-11(8-17)7-12(13)16/h5-7,10,14,18-19H,9H2,1-4H3. The summed E-state index contributed by atoms with van der Waals surface area (Å²) in [5, 5.41) is 18.9. The molecule has 0 aromatic heterocycles. The fourth-order valence-corrected chi connectivity index (χ4v) is 3.92. The van der Waals surface area contributed by atoms with E-state index >= 15 is 0 Å². The molecule has 122 valence electrons. The van der Waals surface area contributed by atoms with E-state index < -0.39 is 21.5 Å². The molecule has 7 heteroatoms. The lowest BCUT2D eigenvalue weighted by Gasteiger charge is -2.33. The van der Waals surface area contributed by atoms with E-state index in [1.807, 2.05) is 19.9 Å². The first-order valence-corrected chi connectivity index (χ1v) is 8.75. The van der Waals surface area contributed by atoms with Crippen LogP contribution in [0.2, 0.25) is 5.02 Å². The first-order chi connectivity index (χ1) is 10.0. The second-order valence-corrected chi connectivity index (χ2v) is 8.40. The molecule has 1 atom stereocenters. The van der Waals surface area contributed by atoms with Gasteiger partial charge in [-0.15, -0.1) is 0 Å². The number of hydrogen-bond donors (Lipinski definition) is 2. The molecule has 0 saturated heterocycles. The van der Waals surface area contributed by atoms with E-state index in [4.69, 9.17) is 16.9 Å². The molecule has 22 heavy (non-hydrogen) atoms. The van der Waals surface area contributed by atoms with Gasteiger partial charge in [0.2, 0.25) is 10.0 Å². The molecule has 0 amide bonds. The Bertz CT molecular complexity index is 679. The zero-order chi connectivity index (χ0) is 17.1. The summed E-state index contributed by atoms with van der Waals surface area (Å²) in [5.74, 6) is 0.0120. The van der Waals surface area contributed by atoms with Crippen LogP contribution in [-0.2, 0) is 10.0 Å². The number of aliphatic hydroxyl groups is 1. The molecule has 0 bridgehead atoms. The third-order valence-corrected chi connectivity index (χ3v) is 5.38. The largest absolute Gasteiger partial charge is 0.392 e. The van der Waals surface area contributed by atoms with Crippen molar-refractivity contribution in [3.05, 3.63) is 28.8 Å². The average Bonchev–Trinajstić information content (AvgIpc) is 2.44. The highest BCUT2D eigenvalue weighted by atomic mass is 35.5. The van der Waals surface area contributed by atoms with Crippen molar-refractivity contribution in [3.63, 3.8) is 0 Å². The maximum Gasteiger partial charge on any atom is 0.242 e. The maximum absolute atomic E-state index is 12.3. The SMILES string of the molecule is CC(C)C(O)C(C)(C)CNS(=O)(=O)c1ccc(C#N)cc1Cl. The van der Waals surface area contributed by atoms with Crippen molar-refractivity contribution in [1.29, 1.82) is 5.26 Å². The van der Waals surface area contributed by atoms with Gasteiger partial charge in [0.05, 0.1) is 22.8 Å². The normalized spacial score (nSPS) is 13.9. The molecule has 0 radical (unpaired) electrons. The first-order valence-electron chi connectivity index (χ1n) is 6.88. The molecule has 1 aromatic carbocycles. The molecule has 1 rings (SSSR count). The van der Waals surface area contributed by atoms with E-state index in [9.17, 15) is 13.5 Å². The summed E-state index contributed by atoms with van der Waals surface area (Å²) < 4.78 is 27.1. The zero-order valence-electron chi connectivity index (χ0n) is 13.1. The predicted octanol–water partition coefficient (Wildman–Crippen LogP) is 2.53. The quantitative estimate of drug-likeness (QED) is 0.829. The first kappa shape index (κ1) is 18.9. The van der Waals surface area contributed by atoms with Crippen LogP contribution in [0.25, 0.3) is 0 Å². The highest BCUT2D eigenvalue weighted by Gasteiger charge is 2.32. The second kappa shape index (κ2) is 6.97. The number of nitrogens with one attached hydrogen (secondary N) is 1. The molecule has 1 aromatic rings. The van der Waals surface area contributed by atoms with E-state index in [2.05, 4.69) is 4.72 Å². The molecular formula is C15H21ClN2O3S. The number of nitrogens with zero attached hydrogens (tertiary/aromatic N) is 1. The summed E-state index contributed by atoms with van der Waals surface area (Å²) in [6, 6.07) is 5.91. The van der Waals surface area contributed by atoms with Crippen molar-refractivity contribution >= 4 is 21.6 Å². The Morgan fingerprint density at radius 1 is 1.41 bits per heavy atom. The summed E-state index contributed by atoms with van der Waals surface area (Å²) in [6.45, 7) is 7.41. The van der Waals surface area contributed by atoms with Gasteiger partial charge in [-0.2, -0.15) is 5.26 Å². The molecule has 0 aliphatic carbocycles. The summed E-state index contributed by atoms with van der Waals surface area (Å²) >= 11 is 5.94. The van der Waals surface area contributed by atoms with Crippen LogP contribution in [0.5, 0.6) is 0 Å². The Labute approximate surface area is 137 Å². The van der Waals surface area contributed by atoms with Crippen LogP contribution in [0.1, 0.15) is 33.3 Å². The van der Waals surface area contributed by atoms with E-state index in [1.165, 1.54) is 18.2 Å². The van der Waals surface area contributed by atoms with E-state index in [0.717, 1.165) is 0 Å². The molecule has 0 aliphatic heterocycles. The van der Waals surface area contributed by atoms with Crippen molar-refractivity contribution in [2.75, 3.05) is 6.54 Å². The maximum atomic E-state index is 12.3. The summed E-state index contributed by atoms with van der Waals surface area (Å²) in [5.41, 5.74) is -0.333. The fourth-order valence-electron chi connectivity index (χ4n) is 2.15. The second-order valence-electron chi connectivity index (χ2n) is 6.26. The number of aliphatic hydroxyl groups excluding tert-OH is 1. The minimum atomic E-state index is -3.81. The van der Waals surface area contributed by atoms with Gasteiger partial charge in [0.1, 0.15) is 4.90 Å². The lowest BCUT2D eigenvalue weighted by atomic mass is 9.81. The number of benzene rings is 1. The van der Waals surface area contributed by atoms with Gasteiger partial charge < -0.3 is 5.11 Å². The minimum Gasteiger partial charge on any atom is -0.392 e.